The third kappa shape index (κ3) is 6.86. The fourth-order valence-electron chi connectivity index (χ4n) is 2.96. The van der Waals surface area contributed by atoms with E-state index in [1.165, 1.54) is 19.3 Å². The minimum Gasteiger partial charge on any atom is -0.478 e. The summed E-state index contributed by atoms with van der Waals surface area (Å²) in [6.45, 7) is 5.34. The van der Waals surface area contributed by atoms with Crippen molar-refractivity contribution in [3.63, 3.8) is 0 Å². The molecule has 2 aliphatic heterocycles. The molecule has 0 unspecified atom stereocenters. The van der Waals surface area contributed by atoms with Crippen LogP contribution >= 0.6 is 0 Å². The van der Waals surface area contributed by atoms with E-state index in [1.54, 1.807) is 0 Å². The van der Waals surface area contributed by atoms with E-state index >= 15 is 0 Å². The highest BCUT2D eigenvalue weighted by Gasteiger charge is 2.19. The third-order valence-electron chi connectivity index (χ3n) is 4.42. The molecule has 1 amide bonds. The van der Waals surface area contributed by atoms with Gasteiger partial charge >= 0.3 is 11.9 Å². The van der Waals surface area contributed by atoms with Crippen molar-refractivity contribution in [1.29, 1.82) is 0 Å². The van der Waals surface area contributed by atoms with Crippen molar-refractivity contribution in [1.82, 2.24) is 14.9 Å². The number of nitrogens with zero attached hydrogens (tertiary/aromatic N) is 5. The van der Waals surface area contributed by atoms with E-state index in [0.717, 1.165) is 57.4 Å². The molecule has 0 spiro atoms. The van der Waals surface area contributed by atoms with Crippen LogP contribution < -0.4 is 9.80 Å². The summed E-state index contributed by atoms with van der Waals surface area (Å²) in [5, 5.41) is 15.6. The lowest BCUT2D eigenvalue weighted by Gasteiger charge is -2.34. The lowest BCUT2D eigenvalue weighted by molar-refractivity contribution is -0.134. The molecule has 2 N–H and O–H groups in total. The Balaban J connectivity index is 0.000000300. The zero-order valence-electron chi connectivity index (χ0n) is 15.6. The lowest BCUT2D eigenvalue weighted by Crippen LogP contribution is -2.46. The van der Waals surface area contributed by atoms with E-state index in [9.17, 15) is 14.4 Å². The first-order valence-corrected chi connectivity index (χ1v) is 9.16. The van der Waals surface area contributed by atoms with Gasteiger partial charge < -0.3 is 24.9 Å². The molecule has 2 aliphatic rings. The molecule has 0 aliphatic carbocycles. The molecule has 3 heterocycles. The van der Waals surface area contributed by atoms with Crippen LogP contribution in [-0.4, -0.2) is 82.7 Å². The maximum absolute atomic E-state index is 10.7. The van der Waals surface area contributed by atoms with E-state index in [2.05, 4.69) is 14.8 Å². The largest absolute Gasteiger partial charge is 0.478 e. The van der Waals surface area contributed by atoms with Crippen molar-refractivity contribution in [2.24, 2.45) is 0 Å². The number of piperazine rings is 1. The van der Waals surface area contributed by atoms with Gasteiger partial charge in [0.15, 0.2) is 0 Å². The second-order valence-electron chi connectivity index (χ2n) is 6.40. The fourth-order valence-corrected chi connectivity index (χ4v) is 2.96. The van der Waals surface area contributed by atoms with Crippen LogP contribution in [0.2, 0.25) is 0 Å². The normalized spacial score (nSPS) is 17.1. The average molecular weight is 391 g/mol. The van der Waals surface area contributed by atoms with Crippen LogP contribution in [0.25, 0.3) is 0 Å². The van der Waals surface area contributed by atoms with E-state index < -0.39 is 11.9 Å². The number of anilines is 2. The quantitative estimate of drug-likeness (QED) is 0.543. The molecule has 10 heteroatoms. The van der Waals surface area contributed by atoms with Gasteiger partial charge in [0.25, 0.3) is 0 Å². The highest BCUT2D eigenvalue weighted by Crippen LogP contribution is 2.19. The number of carboxylic acid groups (broad SMARTS) is 2. The van der Waals surface area contributed by atoms with Crippen LogP contribution in [0.5, 0.6) is 0 Å². The second kappa shape index (κ2) is 10.9. The van der Waals surface area contributed by atoms with E-state index in [1.807, 2.05) is 17.2 Å². The number of amides is 1. The lowest BCUT2D eigenvalue weighted by atomic mass is 10.1. The Bertz CT molecular complexity index is 681. The number of aromatic nitrogens is 2. The maximum Gasteiger partial charge on any atom is 0.328 e. The molecule has 10 nitrogen and oxygen atoms in total. The topological polar surface area (TPSA) is 127 Å². The Morgan fingerprint density at radius 2 is 1.50 bits per heavy atom. The predicted octanol–water partition coefficient (Wildman–Crippen LogP) is 0.457. The number of hydrogen-bond acceptors (Lipinski definition) is 7. The van der Waals surface area contributed by atoms with Crippen LogP contribution in [0.15, 0.2) is 24.4 Å². The summed E-state index contributed by atoms with van der Waals surface area (Å²) in [6.07, 6.45) is 7.65. The molecule has 0 bridgehead atoms. The molecule has 0 radical (unpaired) electrons. The number of rotatable bonds is 5. The number of carbonyl (C=O) groups excluding carboxylic acids is 1. The molecule has 3 rings (SSSR count). The first kappa shape index (κ1) is 21.1. The van der Waals surface area contributed by atoms with Crippen molar-refractivity contribution < 1.29 is 24.6 Å². The first-order valence-electron chi connectivity index (χ1n) is 9.16. The monoisotopic (exact) mass is 391 g/mol. The van der Waals surface area contributed by atoms with Gasteiger partial charge in [-0.25, -0.2) is 14.6 Å². The first-order chi connectivity index (χ1) is 13.5. The molecule has 0 atom stereocenters. The minimum absolute atomic E-state index is 0.558. The van der Waals surface area contributed by atoms with Crippen molar-refractivity contribution in [3.05, 3.63) is 24.4 Å². The SMILES string of the molecule is O=C(O)/C=C\C(=O)O.O=CN1CCN(c2ccnc(N3CCCCC3)n2)CC1. The Morgan fingerprint density at radius 3 is 2.04 bits per heavy atom. The van der Waals surface area contributed by atoms with Gasteiger partial charge in [0.1, 0.15) is 5.82 Å². The van der Waals surface area contributed by atoms with Crippen LogP contribution in [0.4, 0.5) is 11.8 Å². The Kier molecular flexibility index (Phi) is 8.19. The van der Waals surface area contributed by atoms with Crippen LogP contribution in [0.1, 0.15) is 19.3 Å². The Labute approximate surface area is 163 Å². The molecule has 1 aromatic heterocycles. The summed E-state index contributed by atoms with van der Waals surface area (Å²) in [7, 11) is 0. The number of carboxylic acids is 2. The van der Waals surface area contributed by atoms with Crippen LogP contribution in [0, 0.1) is 0 Å². The zero-order chi connectivity index (χ0) is 20.4. The number of carbonyl (C=O) groups is 3. The van der Waals surface area contributed by atoms with Gasteiger partial charge in [-0.1, -0.05) is 0 Å². The van der Waals surface area contributed by atoms with Gasteiger partial charge in [0, 0.05) is 57.6 Å². The van der Waals surface area contributed by atoms with Crippen molar-refractivity contribution in [2.45, 2.75) is 19.3 Å². The van der Waals surface area contributed by atoms with Crippen molar-refractivity contribution in [2.75, 3.05) is 49.1 Å². The molecule has 2 saturated heterocycles. The van der Waals surface area contributed by atoms with E-state index in [4.69, 9.17) is 15.2 Å². The van der Waals surface area contributed by atoms with E-state index in [-0.39, 0.29) is 0 Å². The van der Waals surface area contributed by atoms with E-state index in [0.29, 0.717) is 12.2 Å². The Morgan fingerprint density at radius 1 is 0.893 bits per heavy atom. The van der Waals surface area contributed by atoms with Crippen LogP contribution in [-0.2, 0) is 14.4 Å². The standard InChI is InChI=1S/C14H21N5O.C4H4O4/c20-12-17-8-10-18(11-9-17)13-4-5-15-14(16-13)19-6-2-1-3-7-19;5-3(6)1-2-4(7)8/h4-5,12H,1-3,6-11H2;1-2H,(H,5,6)(H,7,8)/b;2-1-. The number of hydrogen-bond donors (Lipinski definition) is 2. The molecule has 0 aromatic carbocycles. The fraction of sp³-hybridized carbons (Fsp3) is 0.500. The smallest absolute Gasteiger partial charge is 0.328 e. The molecule has 152 valence electrons. The zero-order valence-corrected chi connectivity index (χ0v) is 15.6. The predicted molar refractivity (Wildman–Crippen MR) is 102 cm³/mol. The van der Waals surface area contributed by atoms with Gasteiger partial charge in [-0.2, -0.15) is 4.98 Å². The van der Waals surface area contributed by atoms with Gasteiger partial charge in [0.05, 0.1) is 0 Å². The molecular formula is C18H25N5O5. The average Bonchev–Trinajstić information content (AvgIpc) is 2.73. The highest BCUT2D eigenvalue weighted by atomic mass is 16.4. The molecule has 28 heavy (non-hydrogen) atoms. The Hall–Kier alpha value is -3.17. The summed E-state index contributed by atoms with van der Waals surface area (Å²) in [5.74, 6) is -0.689. The summed E-state index contributed by atoms with van der Waals surface area (Å²) >= 11 is 0. The maximum atomic E-state index is 10.7. The molecule has 2 fully saturated rings. The summed E-state index contributed by atoms with van der Waals surface area (Å²) in [6, 6.07) is 1.96. The van der Waals surface area contributed by atoms with Crippen molar-refractivity contribution >= 4 is 30.1 Å². The number of piperidine rings is 1. The van der Waals surface area contributed by atoms with Gasteiger partial charge in [-0.3, -0.25) is 4.79 Å². The van der Waals surface area contributed by atoms with Crippen molar-refractivity contribution in [3.8, 4) is 0 Å². The highest BCUT2D eigenvalue weighted by molar-refractivity contribution is 5.89. The minimum atomic E-state index is -1.26. The van der Waals surface area contributed by atoms with Gasteiger partial charge in [0.2, 0.25) is 12.4 Å². The molecule has 1 aromatic rings. The van der Waals surface area contributed by atoms with Gasteiger partial charge in [-0.15, -0.1) is 0 Å². The van der Waals surface area contributed by atoms with Gasteiger partial charge in [-0.05, 0) is 25.3 Å². The molecular weight excluding hydrogens is 366 g/mol. The van der Waals surface area contributed by atoms with Crippen LogP contribution in [0.3, 0.4) is 0 Å². The summed E-state index contributed by atoms with van der Waals surface area (Å²) < 4.78 is 0. The molecule has 0 saturated carbocycles. The summed E-state index contributed by atoms with van der Waals surface area (Å²) in [5.41, 5.74) is 0. The third-order valence-corrected chi connectivity index (χ3v) is 4.42. The number of aliphatic carboxylic acids is 2. The second-order valence-corrected chi connectivity index (χ2v) is 6.40. The summed E-state index contributed by atoms with van der Waals surface area (Å²) in [4.78, 5) is 45.3.